The van der Waals surface area contributed by atoms with Crippen LogP contribution >= 0.6 is 15.9 Å². The van der Waals surface area contributed by atoms with Crippen LogP contribution in [-0.4, -0.2) is 25.5 Å². The highest BCUT2D eigenvalue weighted by atomic mass is 79.9. The van der Waals surface area contributed by atoms with Crippen LogP contribution in [-0.2, 0) is 9.59 Å². The lowest BCUT2D eigenvalue weighted by Crippen LogP contribution is -2.18. The molecule has 0 aliphatic rings. The fraction of sp³-hybridized carbons (Fsp3) is 0.385. The van der Waals surface area contributed by atoms with Gasteiger partial charge in [-0.2, -0.15) is 0 Å². The van der Waals surface area contributed by atoms with Crippen molar-refractivity contribution in [2.75, 3.05) is 19.0 Å². The van der Waals surface area contributed by atoms with Crippen molar-refractivity contribution < 1.29 is 14.3 Å². The summed E-state index contributed by atoms with van der Waals surface area (Å²) in [6.07, 6.45) is 1.07. The third kappa shape index (κ3) is 5.74. The van der Waals surface area contributed by atoms with Gasteiger partial charge in [0.1, 0.15) is 5.75 Å². The average molecular weight is 329 g/mol. The van der Waals surface area contributed by atoms with Crippen LogP contribution in [0.2, 0.25) is 0 Å². The molecule has 2 N–H and O–H groups in total. The van der Waals surface area contributed by atoms with Gasteiger partial charge in [-0.25, -0.2) is 0 Å². The van der Waals surface area contributed by atoms with Crippen LogP contribution in [0, 0.1) is 0 Å². The monoisotopic (exact) mass is 328 g/mol. The van der Waals surface area contributed by atoms with E-state index in [1.807, 2.05) is 0 Å². The predicted molar refractivity (Wildman–Crippen MR) is 77.2 cm³/mol. The largest absolute Gasteiger partial charge is 0.492 e. The summed E-state index contributed by atoms with van der Waals surface area (Å²) in [4.78, 5) is 22.0. The van der Waals surface area contributed by atoms with Crippen molar-refractivity contribution in [3.8, 4) is 5.75 Å². The van der Waals surface area contributed by atoms with Gasteiger partial charge in [-0.15, -0.1) is 0 Å². The highest BCUT2D eigenvalue weighted by Crippen LogP contribution is 2.28. The van der Waals surface area contributed by atoms with E-state index >= 15 is 0 Å². The molecule has 0 aromatic heterocycles. The van der Waals surface area contributed by atoms with E-state index in [0.717, 1.165) is 4.47 Å². The summed E-state index contributed by atoms with van der Waals surface area (Å²) in [7, 11) is 1.61. The first-order valence-corrected chi connectivity index (χ1v) is 6.72. The minimum atomic E-state index is -0.132. The molecule has 0 aliphatic heterocycles. The summed E-state index contributed by atoms with van der Waals surface area (Å²) >= 11 is 3.37. The Balaban J connectivity index is 2.52. The zero-order valence-corrected chi connectivity index (χ0v) is 12.5. The minimum absolute atomic E-state index is 0.00494. The van der Waals surface area contributed by atoms with Gasteiger partial charge in [-0.1, -0.05) is 0 Å². The normalized spacial score (nSPS) is 9.84. The van der Waals surface area contributed by atoms with E-state index < -0.39 is 0 Å². The molecule has 0 saturated carbocycles. The number of anilines is 1. The maximum absolute atomic E-state index is 11.0. The van der Waals surface area contributed by atoms with E-state index in [-0.39, 0.29) is 11.8 Å². The smallest absolute Gasteiger partial charge is 0.221 e. The standard InChI is InChI=1S/C13H17BrN2O3/c1-9(17)16-10-5-6-11(14)12(8-10)19-7-3-4-13(18)15-2/h5-6,8H,3-4,7H2,1-2H3,(H,15,18)(H,16,17). The van der Waals surface area contributed by atoms with Gasteiger partial charge in [0.15, 0.2) is 0 Å². The summed E-state index contributed by atoms with van der Waals surface area (Å²) in [5.41, 5.74) is 0.678. The van der Waals surface area contributed by atoms with Crippen LogP contribution in [0.1, 0.15) is 19.8 Å². The van der Waals surface area contributed by atoms with E-state index in [0.29, 0.717) is 30.9 Å². The molecule has 0 heterocycles. The summed E-state index contributed by atoms with van der Waals surface area (Å²) in [6.45, 7) is 1.89. The zero-order valence-electron chi connectivity index (χ0n) is 11.0. The second-order valence-corrected chi connectivity index (χ2v) is 4.81. The van der Waals surface area contributed by atoms with Gasteiger partial charge in [0.05, 0.1) is 11.1 Å². The SMILES string of the molecule is CNC(=O)CCCOc1cc(NC(C)=O)ccc1Br. The van der Waals surface area contributed by atoms with E-state index in [2.05, 4.69) is 26.6 Å². The van der Waals surface area contributed by atoms with Crippen LogP contribution in [0.25, 0.3) is 0 Å². The Morgan fingerprint density at radius 3 is 2.74 bits per heavy atom. The number of carbonyl (C=O) groups is 2. The molecule has 0 radical (unpaired) electrons. The Morgan fingerprint density at radius 1 is 1.37 bits per heavy atom. The van der Waals surface area contributed by atoms with Crippen molar-refractivity contribution >= 4 is 33.4 Å². The summed E-state index contributed by atoms with van der Waals surface area (Å²) < 4.78 is 6.38. The molecular formula is C13H17BrN2O3. The number of hydrogen-bond acceptors (Lipinski definition) is 3. The average Bonchev–Trinajstić information content (AvgIpc) is 2.37. The number of nitrogens with one attached hydrogen (secondary N) is 2. The van der Waals surface area contributed by atoms with Crippen molar-refractivity contribution in [2.24, 2.45) is 0 Å². The lowest BCUT2D eigenvalue weighted by Gasteiger charge is -2.10. The molecular weight excluding hydrogens is 312 g/mol. The number of carbonyl (C=O) groups excluding carboxylic acids is 2. The highest BCUT2D eigenvalue weighted by molar-refractivity contribution is 9.10. The molecule has 1 aromatic rings. The van der Waals surface area contributed by atoms with Crippen molar-refractivity contribution in [2.45, 2.75) is 19.8 Å². The summed E-state index contributed by atoms with van der Waals surface area (Å²) in [6, 6.07) is 5.33. The highest BCUT2D eigenvalue weighted by Gasteiger charge is 2.05. The quantitative estimate of drug-likeness (QED) is 0.787. The molecule has 0 atom stereocenters. The molecule has 6 heteroatoms. The molecule has 0 spiro atoms. The maximum Gasteiger partial charge on any atom is 0.221 e. The molecule has 0 aliphatic carbocycles. The third-order valence-corrected chi connectivity index (χ3v) is 2.99. The van der Waals surface area contributed by atoms with Crippen molar-refractivity contribution in [1.82, 2.24) is 5.32 Å². The molecule has 0 bridgehead atoms. The molecule has 5 nitrogen and oxygen atoms in total. The second-order valence-electron chi connectivity index (χ2n) is 3.95. The van der Waals surface area contributed by atoms with Gasteiger partial charge in [0.25, 0.3) is 0 Å². The van der Waals surface area contributed by atoms with Crippen LogP contribution in [0.3, 0.4) is 0 Å². The number of ether oxygens (including phenoxy) is 1. The van der Waals surface area contributed by atoms with Crippen molar-refractivity contribution in [1.29, 1.82) is 0 Å². The summed E-state index contributed by atoms with van der Waals surface area (Å²) in [5.74, 6) is 0.505. The van der Waals surface area contributed by atoms with Crippen LogP contribution in [0.5, 0.6) is 5.75 Å². The van der Waals surface area contributed by atoms with Crippen molar-refractivity contribution in [3.63, 3.8) is 0 Å². The molecule has 0 saturated heterocycles. The van der Waals surface area contributed by atoms with Crippen LogP contribution < -0.4 is 15.4 Å². The number of hydrogen-bond donors (Lipinski definition) is 2. The molecule has 2 amide bonds. The van der Waals surface area contributed by atoms with Gasteiger partial charge >= 0.3 is 0 Å². The Labute approximate surface area is 120 Å². The van der Waals surface area contributed by atoms with Crippen LogP contribution in [0.15, 0.2) is 22.7 Å². The Kier molecular flexibility index (Phi) is 6.35. The van der Waals surface area contributed by atoms with E-state index in [4.69, 9.17) is 4.74 Å². The van der Waals surface area contributed by atoms with Gasteiger partial charge in [-0.3, -0.25) is 9.59 Å². The number of amides is 2. The fourth-order valence-corrected chi connectivity index (χ4v) is 1.80. The number of halogens is 1. The van der Waals surface area contributed by atoms with Crippen LogP contribution in [0.4, 0.5) is 5.69 Å². The first kappa shape index (κ1) is 15.5. The fourth-order valence-electron chi connectivity index (χ4n) is 1.43. The van der Waals surface area contributed by atoms with Gasteiger partial charge in [-0.05, 0) is 34.5 Å². The molecule has 1 aromatic carbocycles. The van der Waals surface area contributed by atoms with Gasteiger partial charge in [0, 0.05) is 32.1 Å². The molecule has 0 fully saturated rings. The molecule has 0 unspecified atom stereocenters. The first-order valence-electron chi connectivity index (χ1n) is 5.93. The molecule has 19 heavy (non-hydrogen) atoms. The Bertz CT molecular complexity index is 463. The lowest BCUT2D eigenvalue weighted by molar-refractivity contribution is -0.120. The lowest BCUT2D eigenvalue weighted by atomic mass is 10.3. The zero-order chi connectivity index (χ0) is 14.3. The maximum atomic E-state index is 11.0. The Hall–Kier alpha value is -1.56. The summed E-state index contributed by atoms with van der Waals surface area (Å²) in [5, 5.41) is 5.24. The van der Waals surface area contributed by atoms with Gasteiger partial charge in [0.2, 0.25) is 11.8 Å². The predicted octanol–water partition coefficient (Wildman–Crippen LogP) is 2.31. The van der Waals surface area contributed by atoms with E-state index in [1.165, 1.54) is 6.92 Å². The molecule has 104 valence electrons. The number of rotatable bonds is 6. The Morgan fingerprint density at radius 2 is 2.11 bits per heavy atom. The first-order chi connectivity index (χ1) is 9.02. The van der Waals surface area contributed by atoms with Crippen molar-refractivity contribution in [3.05, 3.63) is 22.7 Å². The van der Waals surface area contributed by atoms with Gasteiger partial charge < -0.3 is 15.4 Å². The minimum Gasteiger partial charge on any atom is -0.492 e. The van der Waals surface area contributed by atoms with E-state index in [1.54, 1.807) is 25.2 Å². The van der Waals surface area contributed by atoms with E-state index in [9.17, 15) is 9.59 Å². The molecule has 1 rings (SSSR count). The second kappa shape index (κ2) is 7.78. The third-order valence-electron chi connectivity index (χ3n) is 2.34. The number of benzene rings is 1. The topological polar surface area (TPSA) is 67.4 Å².